The fourth-order valence-electron chi connectivity index (χ4n) is 3.81. The second kappa shape index (κ2) is 8.29. The molecule has 1 unspecified atom stereocenters. The highest BCUT2D eigenvalue weighted by Gasteiger charge is 2.33. The Balaban J connectivity index is 1.34. The van der Waals surface area contributed by atoms with E-state index in [1.165, 1.54) is 0 Å². The summed E-state index contributed by atoms with van der Waals surface area (Å²) in [5.74, 6) is -0.0751. The highest BCUT2D eigenvalue weighted by molar-refractivity contribution is 5.89. The number of hydrogen-bond acceptors (Lipinski definition) is 3. The zero-order valence-corrected chi connectivity index (χ0v) is 16.8. The van der Waals surface area contributed by atoms with Crippen LogP contribution in [0.2, 0.25) is 0 Å². The Morgan fingerprint density at radius 3 is 2.83 bits per heavy atom. The van der Waals surface area contributed by atoms with Gasteiger partial charge in [-0.25, -0.2) is 4.79 Å². The minimum atomic E-state index is -0.513. The summed E-state index contributed by atoms with van der Waals surface area (Å²) in [7, 11) is 1.73. The molecule has 1 aromatic heterocycles. The molecular weight excluding hydrogens is 378 g/mol. The second-order valence-corrected chi connectivity index (χ2v) is 7.57. The number of nitrogens with one attached hydrogen (secondary N) is 2. The monoisotopic (exact) mass is 401 g/mol. The number of benzene rings is 2. The first kappa shape index (κ1) is 19.5. The van der Waals surface area contributed by atoms with Crippen molar-refractivity contribution >= 4 is 22.8 Å². The molecule has 1 aliphatic rings. The number of hydrogen-bond donors (Lipinski definition) is 2. The van der Waals surface area contributed by atoms with Gasteiger partial charge >= 0.3 is 6.03 Å². The van der Waals surface area contributed by atoms with Crippen LogP contribution in [0.1, 0.15) is 23.1 Å². The van der Waals surface area contributed by atoms with Crippen LogP contribution in [0.3, 0.4) is 0 Å². The lowest BCUT2D eigenvalue weighted by Crippen LogP contribution is -2.46. The van der Waals surface area contributed by atoms with Gasteiger partial charge in [-0.05, 0) is 41.8 Å². The van der Waals surface area contributed by atoms with Crippen molar-refractivity contribution in [2.45, 2.75) is 25.6 Å². The largest absolute Gasteiger partial charge is 0.361 e. The van der Waals surface area contributed by atoms with E-state index in [-0.39, 0.29) is 11.9 Å². The van der Waals surface area contributed by atoms with Gasteiger partial charge in [-0.2, -0.15) is 5.26 Å². The molecule has 0 saturated carbocycles. The van der Waals surface area contributed by atoms with Gasteiger partial charge in [-0.3, -0.25) is 4.79 Å². The number of carbonyl (C=O) groups excluding carboxylic acids is 2. The molecule has 1 fully saturated rings. The quantitative estimate of drug-likeness (QED) is 0.688. The normalized spacial score (nSPS) is 15.9. The Hall–Kier alpha value is -3.79. The smallest absolute Gasteiger partial charge is 0.318 e. The summed E-state index contributed by atoms with van der Waals surface area (Å²) in [4.78, 5) is 31.9. The molecule has 152 valence electrons. The molecule has 30 heavy (non-hydrogen) atoms. The number of nitrogens with zero attached hydrogens (tertiary/aromatic N) is 3. The molecule has 1 aliphatic heterocycles. The van der Waals surface area contributed by atoms with Gasteiger partial charge in [0.2, 0.25) is 5.91 Å². The molecule has 0 bridgehead atoms. The van der Waals surface area contributed by atoms with Crippen LogP contribution in [-0.2, 0) is 17.9 Å². The number of aromatic nitrogens is 1. The Labute approximate surface area is 174 Å². The molecule has 3 aromatic rings. The number of urea groups is 1. The van der Waals surface area contributed by atoms with Crippen molar-refractivity contribution < 1.29 is 9.59 Å². The molecule has 0 radical (unpaired) electrons. The van der Waals surface area contributed by atoms with E-state index < -0.39 is 6.04 Å². The minimum absolute atomic E-state index is 0.0751. The summed E-state index contributed by atoms with van der Waals surface area (Å²) in [6.07, 6.45) is 2.47. The zero-order chi connectivity index (χ0) is 21.1. The topological polar surface area (TPSA) is 92.2 Å². The summed E-state index contributed by atoms with van der Waals surface area (Å²) < 4.78 is 0. The van der Waals surface area contributed by atoms with Crippen molar-refractivity contribution in [3.8, 4) is 6.07 Å². The average molecular weight is 401 g/mol. The highest BCUT2D eigenvalue weighted by atomic mass is 16.2. The molecular formula is C23H23N5O2. The number of H-pyrrole nitrogens is 1. The fraction of sp³-hybridized carbons (Fsp3) is 0.261. The Morgan fingerprint density at radius 1 is 1.27 bits per heavy atom. The lowest BCUT2D eigenvalue weighted by molar-refractivity contribution is -0.129. The molecule has 3 amide bonds. The molecule has 7 heteroatoms. The first-order chi connectivity index (χ1) is 14.5. The van der Waals surface area contributed by atoms with E-state index in [1.807, 2.05) is 42.6 Å². The molecule has 7 nitrogen and oxygen atoms in total. The summed E-state index contributed by atoms with van der Waals surface area (Å²) in [6, 6.07) is 16.5. The van der Waals surface area contributed by atoms with Crippen molar-refractivity contribution in [3.05, 3.63) is 71.4 Å². The van der Waals surface area contributed by atoms with E-state index >= 15 is 0 Å². The lowest BCUT2D eigenvalue weighted by Gasteiger charge is -2.21. The predicted octanol–water partition coefficient (Wildman–Crippen LogP) is 2.98. The summed E-state index contributed by atoms with van der Waals surface area (Å²) in [5.41, 5.74) is 3.64. The Morgan fingerprint density at radius 2 is 2.07 bits per heavy atom. The van der Waals surface area contributed by atoms with E-state index in [9.17, 15) is 9.59 Å². The first-order valence-electron chi connectivity index (χ1n) is 9.89. The van der Waals surface area contributed by atoms with Gasteiger partial charge in [-0.1, -0.05) is 24.3 Å². The standard InChI is InChI=1S/C23H23N5O2/c1-27(15-18-3-2-4-20-19(18)9-11-25-20)23(30)26-21-10-12-28(22(21)29)14-17-7-5-16(13-24)6-8-17/h2-9,11,21,25H,10,12,14-15H2,1H3,(H,26,30). The molecule has 1 saturated heterocycles. The van der Waals surface area contributed by atoms with Gasteiger partial charge in [0.1, 0.15) is 6.04 Å². The number of rotatable bonds is 5. The maximum Gasteiger partial charge on any atom is 0.318 e. The van der Waals surface area contributed by atoms with Crippen molar-refractivity contribution in [1.29, 1.82) is 5.26 Å². The predicted molar refractivity (Wildman–Crippen MR) is 113 cm³/mol. The molecule has 2 heterocycles. The third-order valence-electron chi connectivity index (χ3n) is 5.49. The molecule has 2 N–H and O–H groups in total. The van der Waals surface area contributed by atoms with Crippen LogP contribution >= 0.6 is 0 Å². The van der Waals surface area contributed by atoms with E-state index in [4.69, 9.17) is 5.26 Å². The Bertz CT molecular complexity index is 1110. The van der Waals surface area contributed by atoms with E-state index in [0.29, 0.717) is 31.6 Å². The van der Waals surface area contributed by atoms with Gasteiger partial charge in [0.05, 0.1) is 11.6 Å². The third kappa shape index (κ3) is 3.98. The summed E-state index contributed by atoms with van der Waals surface area (Å²) in [5, 5.41) is 12.8. The number of carbonyl (C=O) groups is 2. The molecule has 2 aromatic carbocycles. The van der Waals surface area contributed by atoms with Gasteiger partial charge in [0, 0.05) is 43.8 Å². The van der Waals surface area contributed by atoms with Crippen LogP contribution in [0.5, 0.6) is 0 Å². The highest BCUT2D eigenvalue weighted by Crippen LogP contribution is 2.19. The number of aromatic amines is 1. The van der Waals surface area contributed by atoms with Crippen molar-refractivity contribution in [3.63, 3.8) is 0 Å². The second-order valence-electron chi connectivity index (χ2n) is 7.57. The third-order valence-corrected chi connectivity index (χ3v) is 5.49. The number of fused-ring (bicyclic) bond motifs is 1. The van der Waals surface area contributed by atoms with Crippen molar-refractivity contribution in [2.75, 3.05) is 13.6 Å². The lowest BCUT2D eigenvalue weighted by atomic mass is 10.1. The molecule has 0 aliphatic carbocycles. The SMILES string of the molecule is CN(Cc1cccc2[nH]ccc12)C(=O)NC1CCN(Cc2ccc(C#N)cc2)C1=O. The summed E-state index contributed by atoms with van der Waals surface area (Å²) >= 11 is 0. The van der Waals surface area contributed by atoms with Crippen LogP contribution in [0.15, 0.2) is 54.7 Å². The van der Waals surface area contributed by atoms with Crippen LogP contribution in [0, 0.1) is 11.3 Å². The average Bonchev–Trinajstić information content (AvgIpc) is 3.37. The molecule has 0 spiro atoms. The molecule has 4 rings (SSSR count). The van der Waals surface area contributed by atoms with Gasteiger partial charge in [-0.15, -0.1) is 0 Å². The van der Waals surface area contributed by atoms with E-state index in [2.05, 4.69) is 16.4 Å². The number of likely N-dealkylation sites (tertiary alicyclic amines) is 1. The van der Waals surface area contributed by atoms with E-state index in [0.717, 1.165) is 22.0 Å². The van der Waals surface area contributed by atoms with Crippen LogP contribution in [-0.4, -0.2) is 46.4 Å². The number of nitriles is 1. The van der Waals surface area contributed by atoms with Crippen LogP contribution in [0.25, 0.3) is 10.9 Å². The van der Waals surface area contributed by atoms with Crippen LogP contribution in [0.4, 0.5) is 4.79 Å². The fourth-order valence-corrected chi connectivity index (χ4v) is 3.81. The van der Waals surface area contributed by atoms with Crippen molar-refractivity contribution in [1.82, 2.24) is 20.1 Å². The zero-order valence-electron chi connectivity index (χ0n) is 16.8. The minimum Gasteiger partial charge on any atom is -0.361 e. The first-order valence-corrected chi connectivity index (χ1v) is 9.89. The maximum atomic E-state index is 12.7. The maximum absolute atomic E-state index is 12.7. The Kier molecular flexibility index (Phi) is 5.40. The van der Waals surface area contributed by atoms with E-state index in [1.54, 1.807) is 29.0 Å². The van der Waals surface area contributed by atoms with Gasteiger partial charge in [0.15, 0.2) is 0 Å². The van der Waals surface area contributed by atoms with Gasteiger partial charge in [0.25, 0.3) is 0 Å². The molecule has 1 atom stereocenters. The van der Waals surface area contributed by atoms with Crippen molar-refractivity contribution in [2.24, 2.45) is 0 Å². The summed E-state index contributed by atoms with van der Waals surface area (Å²) in [6.45, 7) is 1.52. The van der Waals surface area contributed by atoms with Crippen LogP contribution < -0.4 is 5.32 Å². The number of amides is 3. The van der Waals surface area contributed by atoms with Gasteiger partial charge < -0.3 is 20.1 Å².